The van der Waals surface area contributed by atoms with Crippen molar-refractivity contribution in [2.75, 3.05) is 13.2 Å². The minimum absolute atomic E-state index is 0.198. The fraction of sp³-hybridized carbons (Fsp3) is 0.625. The topological polar surface area (TPSA) is 97.4 Å². The number of fused-ring (bicyclic) bond motifs is 1. The van der Waals surface area contributed by atoms with Crippen molar-refractivity contribution in [3.63, 3.8) is 0 Å². The third-order valence-corrected chi connectivity index (χ3v) is 3.85. The van der Waals surface area contributed by atoms with E-state index < -0.39 is 11.2 Å². The molecule has 9 nitrogen and oxygen atoms in total. The van der Waals surface area contributed by atoms with Gasteiger partial charge in [-0.25, -0.2) is 9.78 Å². The Hall–Kier alpha value is -2.42. The number of rotatable bonds is 9. The summed E-state index contributed by atoms with van der Waals surface area (Å²) in [5, 5.41) is 0. The molecule has 0 saturated carbocycles. The van der Waals surface area contributed by atoms with Gasteiger partial charge < -0.3 is 14.0 Å². The lowest BCUT2D eigenvalue weighted by molar-refractivity contribution is -0.143. The standard InChI is InChI=1S/C16H24N4O5/c1-4-24-11-19-10-17-14-13(19)15(22)20(16(23)18(14)3)9-7-6-8-12(21)25-5-2/h10H,4-9,11H2,1-3H3. The first-order valence-electron chi connectivity index (χ1n) is 8.39. The van der Waals surface area contributed by atoms with E-state index in [4.69, 9.17) is 9.47 Å². The highest BCUT2D eigenvalue weighted by atomic mass is 16.5. The molecule has 0 fully saturated rings. The van der Waals surface area contributed by atoms with E-state index in [1.165, 1.54) is 15.5 Å². The van der Waals surface area contributed by atoms with Gasteiger partial charge in [-0.05, 0) is 26.7 Å². The van der Waals surface area contributed by atoms with E-state index in [-0.39, 0.29) is 25.7 Å². The van der Waals surface area contributed by atoms with Crippen LogP contribution in [0.5, 0.6) is 0 Å². The fourth-order valence-corrected chi connectivity index (χ4v) is 2.58. The van der Waals surface area contributed by atoms with Crippen LogP contribution < -0.4 is 11.2 Å². The van der Waals surface area contributed by atoms with Gasteiger partial charge in [-0.2, -0.15) is 0 Å². The van der Waals surface area contributed by atoms with E-state index in [2.05, 4.69) is 4.98 Å². The zero-order valence-corrected chi connectivity index (χ0v) is 14.9. The number of hydrogen-bond donors (Lipinski definition) is 0. The summed E-state index contributed by atoms with van der Waals surface area (Å²) in [6, 6.07) is 0. The summed E-state index contributed by atoms with van der Waals surface area (Å²) < 4.78 is 14.3. The number of imidazole rings is 1. The first-order valence-corrected chi connectivity index (χ1v) is 8.39. The van der Waals surface area contributed by atoms with Crippen LogP contribution in [0.4, 0.5) is 0 Å². The lowest BCUT2D eigenvalue weighted by Gasteiger charge is -2.09. The number of aryl methyl sites for hydroxylation is 1. The van der Waals surface area contributed by atoms with Crippen molar-refractivity contribution in [1.82, 2.24) is 18.7 Å². The van der Waals surface area contributed by atoms with E-state index >= 15 is 0 Å². The quantitative estimate of drug-likeness (QED) is 0.485. The number of nitrogens with zero attached hydrogens (tertiary/aromatic N) is 4. The van der Waals surface area contributed by atoms with E-state index in [1.807, 2.05) is 6.92 Å². The number of carbonyl (C=O) groups is 1. The van der Waals surface area contributed by atoms with Crippen LogP contribution in [-0.2, 0) is 34.6 Å². The molecule has 0 amide bonds. The molecule has 0 atom stereocenters. The highest BCUT2D eigenvalue weighted by Gasteiger charge is 2.16. The lowest BCUT2D eigenvalue weighted by Crippen LogP contribution is -2.39. The molecule has 0 N–H and O–H groups in total. The van der Waals surface area contributed by atoms with Crippen molar-refractivity contribution in [2.24, 2.45) is 7.05 Å². The Morgan fingerprint density at radius 2 is 1.96 bits per heavy atom. The van der Waals surface area contributed by atoms with Crippen LogP contribution in [0.2, 0.25) is 0 Å². The van der Waals surface area contributed by atoms with Crippen molar-refractivity contribution < 1.29 is 14.3 Å². The molecule has 138 valence electrons. The Balaban J connectivity index is 2.23. The molecule has 0 spiro atoms. The van der Waals surface area contributed by atoms with Crippen LogP contribution in [0, 0.1) is 0 Å². The minimum atomic E-state index is -0.421. The average molecular weight is 352 g/mol. The summed E-state index contributed by atoms with van der Waals surface area (Å²) >= 11 is 0. The number of aromatic nitrogens is 4. The second-order valence-electron chi connectivity index (χ2n) is 5.57. The average Bonchev–Trinajstić information content (AvgIpc) is 3.01. The second kappa shape index (κ2) is 8.61. The van der Waals surface area contributed by atoms with Gasteiger partial charge >= 0.3 is 11.7 Å². The first-order chi connectivity index (χ1) is 12.0. The smallest absolute Gasteiger partial charge is 0.332 e. The third kappa shape index (κ3) is 4.16. The van der Waals surface area contributed by atoms with Crippen LogP contribution >= 0.6 is 0 Å². The molecule has 2 aromatic heterocycles. The zero-order chi connectivity index (χ0) is 18.4. The molecule has 0 aromatic carbocycles. The van der Waals surface area contributed by atoms with Gasteiger partial charge in [0.2, 0.25) is 0 Å². The molecule has 25 heavy (non-hydrogen) atoms. The van der Waals surface area contributed by atoms with E-state index in [0.29, 0.717) is 37.2 Å². The molecule has 0 radical (unpaired) electrons. The maximum atomic E-state index is 12.7. The van der Waals surface area contributed by atoms with Gasteiger partial charge in [0.15, 0.2) is 11.2 Å². The maximum absolute atomic E-state index is 12.7. The van der Waals surface area contributed by atoms with Crippen molar-refractivity contribution >= 4 is 17.1 Å². The predicted octanol–water partition coefficient (Wildman–Crippen LogP) is 0.624. The molecule has 0 aliphatic carbocycles. The van der Waals surface area contributed by atoms with Gasteiger partial charge in [-0.3, -0.25) is 18.7 Å². The first kappa shape index (κ1) is 18.9. The van der Waals surface area contributed by atoms with Gasteiger partial charge in [0.25, 0.3) is 5.56 Å². The molecular weight excluding hydrogens is 328 g/mol. The van der Waals surface area contributed by atoms with Crippen molar-refractivity contribution in [3.8, 4) is 0 Å². The van der Waals surface area contributed by atoms with Crippen molar-refractivity contribution in [3.05, 3.63) is 27.2 Å². The van der Waals surface area contributed by atoms with Crippen LogP contribution in [0.3, 0.4) is 0 Å². The molecule has 0 unspecified atom stereocenters. The van der Waals surface area contributed by atoms with Gasteiger partial charge in [-0.1, -0.05) is 0 Å². The minimum Gasteiger partial charge on any atom is -0.466 e. The maximum Gasteiger partial charge on any atom is 0.332 e. The van der Waals surface area contributed by atoms with Crippen molar-refractivity contribution in [2.45, 2.75) is 46.4 Å². The Morgan fingerprint density at radius 1 is 1.20 bits per heavy atom. The number of carbonyl (C=O) groups excluding carboxylic acids is 1. The van der Waals surface area contributed by atoms with Gasteiger partial charge in [0.1, 0.15) is 6.73 Å². The fourth-order valence-electron chi connectivity index (χ4n) is 2.58. The number of hydrogen-bond acceptors (Lipinski definition) is 6. The summed E-state index contributed by atoms with van der Waals surface area (Å²) in [7, 11) is 1.58. The molecule has 9 heteroatoms. The molecule has 2 aromatic rings. The van der Waals surface area contributed by atoms with Crippen LogP contribution in [0.15, 0.2) is 15.9 Å². The van der Waals surface area contributed by atoms with Gasteiger partial charge in [0, 0.05) is 26.6 Å². The molecule has 0 aliphatic rings. The highest BCUT2D eigenvalue weighted by Crippen LogP contribution is 2.06. The summed E-state index contributed by atoms with van der Waals surface area (Å²) in [4.78, 5) is 40.6. The van der Waals surface area contributed by atoms with E-state index in [9.17, 15) is 14.4 Å². The number of esters is 1. The molecule has 2 rings (SSSR count). The Kier molecular flexibility index (Phi) is 6.51. The molecule has 2 heterocycles. The van der Waals surface area contributed by atoms with Gasteiger partial charge in [-0.15, -0.1) is 0 Å². The normalized spacial score (nSPS) is 11.2. The number of unbranched alkanes of at least 4 members (excludes halogenated alkanes) is 1. The van der Waals surface area contributed by atoms with Crippen LogP contribution in [0.25, 0.3) is 11.2 Å². The summed E-state index contributed by atoms with van der Waals surface area (Å²) in [6.07, 6.45) is 2.84. The Morgan fingerprint density at radius 3 is 2.64 bits per heavy atom. The third-order valence-electron chi connectivity index (χ3n) is 3.85. The molecule has 0 aliphatic heterocycles. The predicted molar refractivity (Wildman–Crippen MR) is 91.3 cm³/mol. The molecule has 0 saturated heterocycles. The highest BCUT2D eigenvalue weighted by molar-refractivity contribution is 5.70. The van der Waals surface area contributed by atoms with E-state index in [1.54, 1.807) is 18.5 Å². The molecule has 0 bridgehead atoms. The Labute approximate surface area is 144 Å². The van der Waals surface area contributed by atoms with Gasteiger partial charge in [0.05, 0.1) is 12.9 Å². The Bertz CT molecular complexity index is 849. The van der Waals surface area contributed by atoms with Crippen LogP contribution in [0.1, 0.15) is 33.1 Å². The van der Waals surface area contributed by atoms with Crippen LogP contribution in [-0.4, -0.2) is 37.9 Å². The van der Waals surface area contributed by atoms with Crippen molar-refractivity contribution in [1.29, 1.82) is 0 Å². The summed E-state index contributed by atoms with van der Waals surface area (Å²) in [5.41, 5.74) is -0.153. The number of ether oxygens (including phenoxy) is 2. The zero-order valence-electron chi connectivity index (χ0n) is 14.9. The molecular formula is C16H24N4O5. The summed E-state index contributed by atoms with van der Waals surface area (Å²) in [5.74, 6) is -0.270. The monoisotopic (exact) mass is 352 g/mol. The van der Waals surface area contributed by atoms with E-state index in [0.717, 1.165) is 0 Å². The summed E-state index contributed by atoms with van der Waals surface area (Å²) in [6.45, 7) is 4.90. The largest absolute Gasteiger partial charge is 0.466 e. The second-order valence-corrected chi connectivity index (χ2v) is 5.57. The lowest BCUT2D eigenvalue weighted by atomic mass is 10.2. The SMILES string of the molecule is CCOCn1cnc2c1c(=O)n(CCCCC(=O)OCC)c(=O)n2C.